The van der Waals surface area contributed by atoms with Crippen molar-refractivity contribution in [3.63, 3.8) is 0 Å². The predicted molar refractivity (Wildman–Crippen MR) is 109 cm³/mol. The van der Waals surface area contributed by atoms with E-state index in [0.717, 1.165) is 0 Å². The highest BCUT2D eigenvalue weighted by atomic mass is 32.2. The van der Waals surface area contributed by atoms with Gasteiger partial charge in [-0.2, -0.15) is 8.42 Å². The zero-order chi connectivity index (χ0) is 22.8. The van der Waals surface area contributed by atoms with Gasteiger partial charge in [-0.3, -0.25) is 8.98 Å². The smallest absolute Gasteiger partial charge is 0.333 e. The monoisotopic (exact) mass is 452 g/mol. The average Bonchev–Trinajstić information content (AvgIpc) is 3.32. The fourth-order valence-electron chi connectivity index (χ4n) is 3.42. The van der Waals surface area contributed by atoms with E-state index in [-0.39, 0.29) is 29.8 Å². The van der Waals surface area contributed by atoms with Crippen LogP contribution in [0.5, 0.6) is 0 Å². The minimum atomic E-state index is -4.10. The van der Waals surface area contributed by atoms with E-state index in [2.05, 4.69) is 26.0 Å². The number of aliphatic hydroxyl groups is 2. The minimum absolute atomic E-state index is 0.000893. The number of nitrogens with two attached hydrogens (primary N) is 1. The molecular formula is C19H24N4O7S. The topological polar surface area (TPSA) is 178 Å². The quantitative estimate of drug-likeness (QED) is 0.312. The van der Waals surface area contributed by atoms with E-state index in [1.54, 1.807) is 6.92 Å². The molecule has 4 atom stereocenters. The number of hydrogen-bond acceptors (Lipinski definition) is 10. The van der Waals surface area contributed by atoms with Gasteiger partial charge in [0.05, 0.1) is 24.5 Å². The van der Waals surface area contributed by atoms with Gasteiger partial charge in [-0.25, -0.2) is 15.1 Å². The molecule has 2 aromatic rings. The molecule has 0 amide bonds. The molecule has 0 aliphatic heterocycles. The summed E-state index contributed by atoms with van der Waals surface area (Å²) in [6.07, 6.45) is 2.80. The first-order valence-electron chi connectivity index (χ1n) is 9.43. The Morgan fingerprint density at radius 1 is 1.48 bits per heavy atom. The molecule has 168 valence electrons. The van der Waals surface area contributed by atoms with E-state index < -0.39 is 34.2 Å². The molecule has 0 saturated heterocycles. The standard InChI is InChI=1S/C19H24N4O7S/c1-10(2)17(25)12-4-16(29-7-12)18(26)14-6-21-9-22-19(14)23-13-3-11(15(24)5-13)8-30-31(20,27)28/h4,6-7,9,11,13,15,17,24-25H,1,3,5,8H2,2H3,(H2,20,27,28)(H,21,22,23)/t11-,13?,15+,17+/m1/s1. The molecule has 1 fully saturated rings. The van der Waals surface area contributed by atoms with E-state index >= 15 is 0 Å². The Morgan fingerprint density at radius 2 is 2.23 bits per heavy atom. The van der Waals surface area contributed by atoms with Gasteiger partial charge in [0.2, 0.25) is 5.78 Å². The summed E-state index contributed by atoms with van der Waals surface area (Å²) in [4.78, 5) is 20.9. The highest BCUT2D eigenvalue weighted by molar-refractivity contribution is 7.84. The summed E-state index contributed by atoms with van der Waals surface area (Å²) in [5, 5.41) is 28.2. The minimum Gasteiger partial charge on any atom is -0.460 e. The molecule has 12 heteroatoms. The molecule has 2 heterocycles. The number of anilines is 1. The van der Waals surface area contributed by atoms with Crippen molar-refractivity contribution in [1.29, 1.82) is 0 Å². The first-order valence-corrected chi connectivity index (χ1v) is 10.9. The van der Waals surface area contributed by atoms with Crippen LogP contribution in [0.4, 0.5) is 5.82 Å². The summed E-state index contributed by atoms with van der Waals surface area (Å²) >= 11 is 0. The Morgan fingerprint density at radius 3 is 2.90 bits per heavy atom. The summed E-state index contributed by atoms with van der Waals surface area (Å²) < 4.78 is 31.9. The van der Waals surface area contributed by atoms with Gasteiger partial charge in [0.25, 0.3) is 0 Å². The average molecular weight is 452 g/mol. The third-order valence-corrected chi connectivity index (χ3v) is 5.49. The molecular weight excluding hydrogens is 428 g/mol. The summed E-state index contributed by atoms with van der Waals surface area (Å²) in [6.45, 7) is 5.09. The molecule has 31 heavy (non-hydrogen) atoms. The number of aliphatic hydroxyl groups excluding tert-OH is 2. The van der Waals surface area contributed by atoms with Gasteiger partial charge in [-0.1, -0.05) is 6.58 Å². The molecule has 1 saturated carbocycles. The lowest BCUT2D eigenvalue weighted by atomic mass is 10.1. The number of carbonyl (C=O) groups is 1. The van der Waals surface area contributed by atoms with Crippen LogP contribution in [0.2, 0.25) is 0 Å². The van der Waals surface area contributed by atoms with Gasteiger partial charge >= 0.3 is 10.3 Å². The van der Waals surface area contributed by atoms with Gasteiger partial charge in [-0.05, 0) is 31.4 Å². The van der Waals surface area contributed by atoms with E-state index in [4.69, 9.17) is 9.56 Å². The van der Waals surface area contributed by atoms with Crippen LogP contribution in [0.1, 0.15) is 47.6 Å². The Labute approximate surface area is 179 Å². The highest BCUT2D eigenvalue weighted by Gasteiger charge is 2.35. The molecule has 1 unspecified atom stereocenters. The van der Waals surface area contributed by atoms with Gasteiger partial charge in [0.1, 0.15) is 18.2 Å². The predicted octanol–water partition coefficient (Wildman–Crippen LogP) is 0.682. The first-order chi connectivity index (χ1) is 14.5. The molecule has 5 N–H and O–H groups in total. The van der Waals surface area contributed by atoms with Crippen LogP contribution < -0.4 is 10.5 Å². The number of nitrogens with one attached hydrogen (secondary N) is 1. The second-order valence-corrected chi connectivity index (χ2v) is 8.75. The normalized spacial score (nSPS) is 22.3. The number of hydrogen-bond donors (Lipinski definition) is 4. The van der Waals surface area contributed by atoms with Crippen molar-refractivity contribution in [2.75, 3.05) is 11.9 Å². The van der Waals surface area contributed by atoms with Crippen LogP contribution in [0.15, 0.2) is 41.4 Å². The van der Waals surface area contributed by atoms with Gasteiger partial charge in [0.15, 0.2) is 5.76 Å². The zero-order valence-electron chi connectivity index (χ0n) is 16.8. The highest BCUT2D eigenvalue weighted by Crippen LogP contribution is 2.30. The van der Waals surface area contributed by atoms with Crippen molar-refractivity contribution in [3.05, 3.63) is 53.9 Å². The van der Waals surface area contributed by atoms with Gasteiger partial charge in [0, 0.05) is 23.7 Å². The van der Waals surface area contributed by atoms with Crippen LogP contribution in [0.25, 0.3) is 0 Å². The van der Waals surface area contributed by atoms with Crippen molar-refractivity contribution in [2.24, 2.45) is 11.1 Å². The van der Waals surface area contributed by atoms with E-state index in [1.165, 1.54) is 24.9 Å². The molecule has 0 aromatic carbocycles. The molecule has 1 aliphatic rings. The maximum Gasteiger partial charge on any atom is 0.333 e. The second kappa shape index (κ2) is 9.24. The van der Waals surface area contributed by atoms with Crippen LogP contribution in [0, 0.1) is 5.92 Å². The third-order valence-electron chi connectivity index (χ3n) is 5.03. The number of nitrogens with zero attached hydrogens (tertiary/aromatic N) is 2. The summed E-state index contributed by atoms with van der Waals surface area (Å²) in [5.41, 5.74) is 1.05. The molecule has 1 aliphatic carbocycles. The Bertz CT molecular complexity index is 1070. The molecule has 11 nitrogen and oxygen atoms in total. The van der Waals surface area contributed by atoms with Crippen LogP contribution >= 0.6 is 0 Å². The number of carbonyl (C=O) groups excluding carboxylic acids is 1. The van der Waals surface area contributed by atoms with Crippen molar-refractivity contribution < 1.29 is 32.0 Å². The van der Waals surface area contributed by atoms with Crippen molar-refractivity contribution >= 4 is 21.9 Å². The lowest BCUT2D eigenvalue weighted by Crippen LogP contribution is -2.24. The lowest BCUT2D eigenvalue weighted by Gasteiger charge is -2.15. The summed E-state index contributed by atoms with van der Waals surface area (Å²) in [5.74, 6) is -0.702. The van der Waals surface area contributed by atoms with Crippen molar-refractivity contribution in [1.82, 2.24) is 9.97 Å². The molecule has 0 bridgehead atoms. The summed E-state index contributed by atoms with van der Waals surface area (Å²) in [6, 6.07) is 1.14. The Kier molecular flexibility index (Phi) is 6.86. The van der Waals surface area contributed by atoms with E-state index in [1.807, 2.05) is 0 Å². The van der Waals surface area contributed by atoms with Crippen LogP contribution in [-0.2, 0) is 14.5 Å². The Hall–Kier alpha value is -2.64. The first kappa shape index (κ1) is 23.0. The molecule has 3 rings (SSSR count). The SMILES string of the molecule is C=C(C)[C@H](O)c1coc(C(=O)c2cncnc2NC2C[C@H](COS(N)(=O)=O)[C@@H](O)C2)c1. The summed E-state index contributed by atoms with van der Waals surface area (Å²) in [7, 11) is -4.10. The molecule has 2 aromatic heterocycles. The second-order valence-electron chi connectivity index (χ2n) is 7.52. The van der Waals surface area contributed by atoms with Crippen molar-refractivity contribution in [2.45, 2.75) is 38.0 Å². The number of rotatable bonds is 9. The maximum absolute atomic E-state index is 12.9. The zero-order valence-corrected chi connectivity index (χ0v) is 17.6. The third kappa shape index (κ3) is 5.74. The van der Waals surface area contributed by atoms with Crippen molar-refractivity contribution in [3.8, 4) is 0 Å². The van der Waals surface area contributed by atoms with E-state index in [0.29, 0.717) is 24.0 Å². The number of furan rings is 1. The lowest BCUT2D eigenvalue weighted by molar-refractivity contribution is 0.100. The number of ketones is 1. The fourth-order valence-corrected chi connectivity index (χ4v) is 3.78. The molecule has 0 radical (unpaired) electrons. The van der Waals surface area contributed by atoms with Gasteiger partial charge in [-0.15, -0.1) is 0 Å². The maximum atomic E-state index is 12.9. The number of aromatic nitrogens is 2. The fraction of sp³-hybridized carbons (Fsp3) is 0.421. The van der Waals surface area contributed by atoms with Crippen LogP contribution in [-0.4, -0.2) is 53.1 Å². The molecule has 0 spiro atoms. The Balaban J connectivity index is 1.72. The largest absolute Gasteiger partial charge is 0.460 e. The van der Waals surface area contributed by atoms with Crippen LogP contribution in [0.3, 0.4) is 0 Å². The van der Waals surface area contributed by atoms with E-state index in [9.17, 15) is 23.4 Å². The van der Waals surface area contributed by atoms with Gasteiger partial charge < -0.3 is 19.9 Å².